The predicted molar refractivity (Wildman–Crippen MR) is 278 cm³/mol. The maximum atomic E-state index is 2.36. The Bertz CT molecular complexity index is 2830. The molecule has 0 fully saturated rings. The Balaban J connectivity index is 1.16. The molecule has 0 bridgehead atoms. The number of rotatable bonds is 12. The third-order valence-electron chi connectivity index (χ3n) is 11.9. The molecule has 0 spiro atoms. The highest BCUT2D eigenvalue weighted by Gasteiger charge is 2.20. The second kappa shape index (κ2) is 18.5. The molecule has 0 atom stereocenters. The molecule has 0 radical (unpaired) electrons. The maximum absolute atomic E-state index is 2.36. The third kappa shape index (κ3) is 9.44. The Morgan fingerprint density at radius 3 is 0.569 bits per heavy atom. The summed E-state index contributed by atoms with van der Waals surface area (Å²) >= 11 is 0. The first-order valence-corrected chi connectivity index (χ1v) is 22.5. The van der Waals surface area contributed by atoms with E-state index < -0.39 is 0 Å². The molecule has 0 amide bonds. The van der Waals surface area contributed by atoms with Crippen molar-refractivity contribution < 1.29 is 0 Å². The zero-order valence-corrected chi connectivity index (χ0v) is 38.5. The van der Waals surface area contributed by atoms with Crippen molar-refractivity contribution in [2.45, 2.75) is 48.5 Å². The van der Waals surface area contributed by atoms with Gasteiger partial charge in [0.15, 0.2) is 0 Å². The second-order valence-electron chi connectivity index (χ2n) is 17.4. The van der Waals surface area contributed by atoms with Crippen molar-refractivity contribution in [1.82, 2.24) is 0 Å². The smallest absolute Gasteiger partial charge is 0.0466 e. The van der Waals surface area contributed by atoms with Gasteiger partial charge in [-0.15, -0.1) is 0 Å². The molecule has 0 unspecified atom stereocenters. The zero-order chi connectivity index (χ0) is 45.0. The van der Waals surface area contributed by atoms with Crippen LogP contribution in [0, 0.1) is 48.5 Å². The fourth-order valence-corrected chi connectivity index (χ4v) is 8.96. The summed E-state index contributed by atoms with van der Waals surface area (Å²) in [5.74, 6) is 0. The first-order chi connectivity index (χ1) is 31.6. The third-order valence-corrected chi connectivity index (χ3v) is 11.9. The Kier molecular flexibility index (Phi) is 12.1. The van der Waals surface area contributed by atoms with Crippen molar-refractivity contribution >= 4 is 68.2 Å². The highest BCUT2D eigenvalue weighted by Crippen LogP contribution is 2.43. The van der Waals surface area contributed by atoms with Gasteiger partial charge in [0.05, 0.1) is 0 Å². The molecule has 0 aromatic heterocycles. The Morgan fingerprint density at radius 1 is 0.169 bits per heavy atom. The molecule has 9 rings (SSSR count). The van der Waals surface area contributed by atoms with E-state index in [0.717, 1.165) is 68.2 Å². The average Bonchev–Trinajstić information content (AvgIpc) is 3.28. The molecule has 0 aliphatic rings. The van der Waals surface area contributed by atoms with Gasteiger partial charge in [0, 0.05) is 68.2 Å². The fraction of sp³-hybridized carbons (Fsp3) is 0.115. The number of benzene rings is 9. The lowest BCUT2D eigenvalue weighted by atomic mass is 10.1. The SMILES string of the molecule is Cc1cccc(N(c2ccc(N(c3ccc(N(c4cccc(C)c4)c4cccc(C)c4)cc3)c3ccc(N(c4cccc(C)c4)c4cc(C)cc(C)c4)cc3)cc2)c2cccc(C)c2)c1. The molecule has 4 nitrogen and oxygen atoms in total. The summed E-state index contributed by atoms with van der Waals surface area (Å²) in [7, 11) is 0. The first kappa shape index (κ1) is 42.5. The first-order valence-electron chi connectivity index (χ1n) is 22.5. The Morgan fingerprint density at radius 2 is 0.354 bits per heavy atom. The van der Waals surface area contributed by atoms with Crippen LogP contribution in [0.5, 0.6) is 0 Å². The number of aryl methyl sites for hydroxylation is 7. The highest BCUT2D eigenvalue weighted by molar-refractivity contribution is 5.85. The van der Waals surface area contributed by atoms with Crippen molar-refractivity contribution in [1.29, 1.82) is 0 Å². The molecule has 0 N–H and O–H groups in total. The topological polar surface area (TPSA) is 13.0 Å². The number of nitrogens with zero attached hydrogens (tertiary/aromatic N) is 4. The van der Waals surface area contributed by atoms with E-state index >= 15 is 0 Å². The standard InChI is InChI=1S/C61H56N4/c1-43-13-8-18-56(36-43)63(57-19-9-14-44(2)37-57)53-29-23-50(24-30-53)62(51-25-31-54(32-26-51)64(58-20-10-15-45(3)38-58)59-21-11-16-46(4)39-59)52-27-33-55(34-28-52)65(60-22-12-17-47(5)40-60)61-41-48(6)35-49(7)42-61/h8-42H,1-7H3. The molecular formula is C61H56N4. The molecular weight excluding hydrogens is 789 g/mol. The summed E-state index contributed by atoms with van der Waals surface area (Å²) in [5.41, 5.74) is 21.8. The van der Waals surface area contributed by atoms with Gasteiger partial charge in [0.25, 0.3) is 0 Å². The van der Waals surface area contributed by atoms with E-state index in [4.69, 9.17) is 0 Å². The molecule has 65 heavy (non-hydrogen) atoms. The van der Waals surface area contributed by atoms with E-state index in [0.29, 0.717) is 0 Å². The summed E-state index contributed by atoms with van der Waals surface area (Å²) in [4.78, 5) is 9.41. The molecule has 4 heteroatoms. The number of hydrogen-bond donors (Lipinski definition) is 0. The molecule has 0 aliphatic carbocycles. The molecule has 0 aliphatic heterocycles. The minimum absolute atomic E-state index is 1.06. The van der Waals surface area contributed by atoms with Gasteiger partial charge in [0.2, 0.25) is 0 Å². The summed E-state index contributed by atoms with van der Waals surface area (Å²) < 4.78 is 0. The van der Waals surface area contributed by atoms with Crippen LogP contribution in [-0.2, 0) is 0 Å². The van der Waals surface area contributed by atoms with E-state index in [1.165, 1.54) is 38.9 Å². The lowest BCUT2D eigenvalue weighted by Gasteiger charge is -2.30. The Labute approximate surface area is 385 Å². The van der Waals surface area contributed by atoms with Crippen LogP contribution in [0.1, 0.15) is 38.9 Å². The zero-order valence-electron chi connectivity index (χ0n) is 38.5. The van der Waals surface area contributed by atoms with Gasteiger partial charge in [-0.3, -0.25) is 0 Å². The largest absolute Gasteiger partial charge is 0.310 e. The fourth-order valence-electron chi connectivity index (χ4n) is 8.96. The van der Waals surface area contributed by atoms with E-state index in [9.17, 15) is 0 Å². The summed E-state index contributed by atoms with van der Waals surface area (Å²) in [5, 5.41) is 0. The lowest BCUT2D eigenvalue weighted by Crippen LogP contribution is -2.14. The lowest BCUT2D eigenvalue weighted by molar-refractivity contribution is 1.22. The van der Waals surface area contributed by atoms with Crippen LogP contribution in [0.25, 0.3) is 0 Å². The quantitative estimate of drug-likeness (QED) is 0.121. The van der Waals surface area contributed by atoms with Gasteiger partial charge in [-0.2, -0.15) is 0 Å². The van der Waals surface area contributed by atoms with E-state index in [1.807, 2.05) is 0 Å². The van der Waals surface area contributed by atoms with Crippen LogP contribution in [0.2, 0.25) is 0 Å². The summed E-state index contributed by atoms with van der Waals surface area (Å²) in [6.45, 7) is 15.1. The van der Waals surface area contributed by atoms with E-state index in [1.54, 1.807) is 0 Å². The van der Waals surface area contributed by atoms with Crippen LogP contribution >= 0.6 is 0 Å². The van der Waals surface area contributed by atoms with Crippen LogP contribution in [0.4, 0.5) is 68.2 Å². The van der Waals surface area contributed by atoms with Crippen LogP contribution in [0.3, 0.4) is 0 Å². The minimum atomic E-state index is 1.06. The Hall–Kier alpha value is -7.82. The van der Waals surface area contributed by atoms with Crippen LogP contribution < -0.4 is 19.6 Å². The van der Waals surface area contributed by atoms with E-state index in [2.05, 4.69) is 280 Å². The number of anilines is 12. The summed E-state index contributed by atoms with van der Waals surface area (Å²) in [6, 6.07) is 77.4. The highest BCUT2D eigenvalue weighted by atomic mass is 15.2. The van der Waals surface area contributed by atoms with Crippen molar-refractivity contribution in [3.8, 4) is 0 Å². The van der Waals surface area contributed by atoms with Crippen molar-refractivity contribution in [2.24, 2.45) is 0 Å². The van der Waals surface area contributed by atoms with Gasteiger partial charge in [-0.1, -0.05) is 66.7 Å². The van der Waals surface area contributed by atoms with Gasteiger partial charge in [-0.05, 0) is 233 Å². The predicted octanol–water partition coefficient (Wildman–Crippen LogP) is 17.7. The van der Waals surface area contributed by atoms with Crippen LogP contribution in [-0.4, -0.2) is 0 Å². The van der Waals surface area contributed by atoms with Gasteiger partial charge in [0.1, 0.15) is 0 Å². The monoisotopic (exact) mass is 844 g/mol. The molecule has 0 saturated heterocycles. The van der Waals surface area contributed by atoms with E-state index in [-0.39, 0.29) is 0 Å². The number of hydrogen-bond acceptors (Lipinski definition) is 4. The molecule has 320 valence electrons. The average molecular weight is 845 g/mol. The molecule has 9 aromatic rings. The van der Waals surface area contributed by atoms with Gasteiger partial charge >= 0.3 is 0 Å². The minimum Gasteiger partial charge on any atom is -0.310 e. The molecule has 0 saturated carbocycles. The normalized spacial score (nSPS) is 11.0. The summed E-state index contributed by atoms with van der Waals surface area (Å²) in [6.07, 6.45) is 0. The van der Waals surface area contributed by atoms with Crippen molar-refractivity contribution in [2.75, 3.05) is 19.6 Å². The van der Waals surface area contributed by atoms with Crippen molar-refractivity contribution in [3.63, 3.8) is 0 Å². The molecule has 0 heterocycles. The van der Waals surface area contributed by atoms with Crippen molar-refractivity contribution in [3.05, 3.63) is 251 Å². The maximum Gasteiger partial charge on any atom is 0.0466 e. The second-order valence-corrected chi connectivity index (χ2v) is 17.4. The molecule has 9 aromatic carbocycles. The van der Waals surface area contributed by atoms with Crippen LogP contribution in [0.15, 0.2) is 212 Å². The van der Waals surface area contributed by atoms with Gasteiger partial charge in [-0.25, -0.2) is 0 Å². The van der Waals surface area contributed by atoms with Gasteiger partial charge < -0.3 is 19.6 Å².